The van der Waals surface area contributed by atoms with E-state index in [1.807, 2.05) is 36.5 Å². The molecule has 0 spiro atoms. The maximum Gasteiger partial charge on any atom is 0.216 e. The number of unbranched alkanes of at least 4 members (excludes halogenated alkanes) is 1. The van der Waals surface area contributed by atoms with Crippen molar-refractivity contribution in [2.45, 2.75) is 39.5 Å². The normalized spacial score (nSPS) is 11.1. The van der Waals surface area contributed by atoms with Gasteiger partial charge in [0.2, 0.25) is 11.8 Å². The van der Waals surface area contributed by atoms with Crippen molar-refractivity contribution in [2.75, 3.05) is 26.3 Å². The molecule has 0 bridgehead atoms. The molecule has 0 radical (unpaired) electrons. The number of hydrogen-bond donors (Lipinski definition) is 3. The summed E-state index contributed by atoms with van der Waals surface area (Å²) >= 11 is 0. The van der Waals surface area contributed by atoms with Gasteiger partial charge in [0, 0.05) is 55.0 Å². The number of nitrogens with one attached hydrogen (secondary N) is 3. The van der Waals surface area contributed by atoms with Gasteiger partial charge in [-0.1, -0.05) is 0 Å². The smallest absolute Gasteiger partial charge is 0.216 e. The Morgan fingerprint density at radius 2 is 1.44 bits per heavy atom. The van der Waals surface area contributed by atoms with Crippen LogP contribution in [-0.4, -0.2) is 43.1 Å². The first kappa shape index (κ1) is 25.2. The van der Waals surface area contributed by atoms with Crippen molar-refractivity contribution in [2.24, 2.45) is 0 Å². The molecule has 0 aliphatic heterocycles. The Kier molecular flexibility index (Phi) is 8.49. The number of hydrogen-bond acceptors (Lipinski definition) is 5. The zero-order valence-electron chi connectivity index (χ0n) is 20.8. The lowest BCUT2D eigenvalue weighted by molar-refractivity contribution is -0.119. The Morgan fingerprint density at radius 3 is 2.11 bits per heavy atom. The largest absolute Gasteiger partial charge is 0.494 e. The first-order chi connectivity index (χ1) is 17.5. The molecule has 4 aromatic rings. The predicted molar refractivity (Wildman–Crippen MR) is 140 cm³/mol. The molecular formula is C28H33N3O5. The van der Waals surface area contributed by atoms with Gasteiger partial charge in [-0.2, -0.15) is 0 Å². The molecule has 2 aromatic carbocycles. The minimum absolute atomic E-state index is 0.0201. The average Bonchev–Trinajstić information content (AvgIpc) is 3.44. The lowest BCUT2D eigenvalue weighted by Crippen LogP contribution is -2.22. The van der Waals surface area contributed by atoms with Gasteiger partial charge in [0.1, 0.15) is 17.1 Å². The van der Waals surface area contributed by atoms with E-state index in [2.05, 4.69) is 21.7 Å². The summed E-state index contributed by atoms with van der Waals surface area (Å²) in [6.45, 7) is 5.42. The molecule has 0 aliphatic rings. The van der Waals surface area contributed by atoms with Crippen molar-refractivity contribution in [1.29, 1.82) is 0 Å². The molecular weight excluding hydrogens is 458 g/mol. The van der Waals surface area contributed by atoms with E-state index in [1.54, 1.807) is 6.26 Å². The van der Waals surface area contributed by atoms with Gasteiger partial charge in [0.05, 0.1) is 19.5 Å². The SMILES string of the molecule is CC(=O)NCCc1c[nH]c2ccc(OCCCCOc3ccc4occ(CCNC(C)=O)c4c3)cc12. The number of aromatic amines is 1. The van der Waals surface area contributed by atoms with Crippen molar-refractivity contribution >= 4 is 33.7 Å². The maximum absolute atomic E-state index is 11.1. The van der Waals surface area contributed by atoms with Gasteiger partial charge >= 0.3 is 0 Å². The molecule has 2 amide bonds. The van der Waals surface area contributed by atoms with E-state index in [1.165, 1.54) is 13.8 Å². The molecule has 0 fully saturated rings. The number of rotatable bonds is 13. The number of ether oxygens (including phenoxy) is 2. The number of benzene rings is 2. The number of furan rings is 1. The second-order valence-electron chi connectivity index (χ2n) is 8.81. The summed E-state index contributed by atoms with van der Waals surface area (Å²) in [6.07, 6.45) is 6.94. The van der Waals surface area contributed by atoms with Crippen LogP contribution in [0.2, 0.25) is 0 Å². The van der Waals surface area contributed by atoms with Crippen LogP contribution in [0.1, 0.15) is 37.8 Å². The van der Waals surface area contributed by atoms with Crippen LogP contribution >= 0.6 is 0 Å². The van der Waals surface area contributed by atoms with Crippen LogP contribution < -0.4 is 20.1 Å². The van der Waals surface area contributed by atoms with Gasteiger partial charge in [0.15, 0.2) is 0 Å². The quantitative estimate of drug-likeness (QED) is 0.239. The maximum atomic E-state index is 11.1. The summed E-state index contributed by atoms with van der Waals surface area (Å²) in [7, 11) is 0. The molecule has 0 saturated heterocycles. The van der Waals surface area contributed by atoms with E-state index < -0.39 is 0 Å². The highest BCUT2D eigenvalue weighted by atomic mass is 16.5. The molecule has 0 saturated carbocycles. The molecule has 2 aromatic heterocycles. The fourth-order valence-electron chi connectivity index (χ4n) is 4.13. The Balaban J connectivity index is 1.21. The van der Waals surface area contributed by atoms with Gasteiger partial charge < -0.3 is 29.5 Å². The summed E-state index contributed by atoms with van der Waals surface area (Å²) in [5.74, 6) is 1.58. The van der Waals surface area contributed by atoms with Crippen molar-refractivity contribution < 1.29 is 23.5 Å². The molecule has 0 atom stereocenters. The number of amides is 2. The van der Waals surface area contributed by atoms with Crippen LogP contribution in [0.15, 0.2) is 53.3 Å². The van der Waals surface area contributed by atoms with Crippen LogP contribution in [0, 0.1) is 0 Å². The highest BCUT2D eigenvalue weighted by Crippen LogP contribution is 2.27. The monoisotopic (exact) mass is 491 g/mol. The van der Waals surface area contributed by atoms with Crippen molar-refractivity contribution in [3.05, 3.63) is 60.0 Å². The van der Waals surface area contributed by atoms with Crippen LogP contribution in [0.3, 0.4) is 0 Å². The molecule has 2 heterocycles. The summed E-state index contributed by atoms with van der Waals surface area (Å²) in [5, 5.41) is 7.78. The van der Waals surface area contributed by atoms with E-state index in [0.717, 1.165) is 63.8 Å². The van der Waals surface area contributed by atoms with Crippen LogP contribution in [0.25, 0.3) is 21.9 Å². The van der Waals surface area contributed by atoms with Crippen LogP contribution in [0.5, 0.6) is 11.5 Å². The topological polar surface area (TPSA) is 106 Å². The van der Waals surface area contributed by atoms with Gasteiger partial charge in [0.25, 0.3) is 0 Å². The third kappa shape index (κ3) is 6.81. The lowest BCUT2D eigenvalue weighted by Gasteiger charge is -2.09. The molecule has 190 valence electrons. The summed E-state index contributed by atoms with van der Waals surface area (Å²) in [4.78, 5) is 25.5. The standard InChI is InChI=1S/C28H33N3O5/c1-19(32)29-11-9-21-17-31-27-7-5-23(15-25(21)27)34-13-3-4-14-35-24-6-8-28-26(16-24)22(18-36-28)10-12-30-20(2)33/h5-8,15-18,31H,3-4,9-14H2,1-2H3,(H,29,32)(H,30,33). The fraction of sp³-hybridized carbons (Fsp3) is 0.357. The Morgan fingerprint density at radius 1 is 0.833 bits per heavy atom. The zero-order valence-corrected chi connectivity index (χ0v) is 20.8. The van der Waals surface area contributed by atoms with E-state index in [9.17, 15) is 9.59 Å². The molecule has 4 rings (SSSR count). The number of H-pyrrole nitrogens is 1. The molecule has 36 heavy (non-hydrogen) atoms. The van der Waals surface area contributed by atoms with E-state index in [4.69, 9.17) is 13.9 Å². The van der Waals surface area contributed by atoms with E-state index in [0.29, 0.717) is 32.7 Å². The molecule has 0 aliphatic carbocycles. The molecule has 0 unspecified atom stereocenters. The van der Waals surface area contributed by atoms with Crippen molar-refractivity contribution in [3.8, 4) is 11.5 Å². The Labute approximate surface area is 210 Å². The third-order valence-corrected chi connectivity index (χ3v) is 5.98. The van der Waals surface area contributed by atoms with Crippen LogP contribution in [-0.2, 0) is 22.4 Å². The molecule has 3 N–H and O–H groups in total. The molecule has 8 nitrogen and oxygen atoms in total. The minimum atomic E-state index is -0.0377. The van der Waals surface area contributed by atoms with Crippen molar-refractivity contribution in [3.63, 3.8) is 0 Å². The number of carbonyl (C=O) groups is 2. The molecule has 8 heteroatoms. The van der Waals surface area contributed by atoms with Gasteiger partial charge in [-0.05, 0) is 67.6 Å². The minimum Gasteiger partial charge on any atom is -0.494 e. The summed E-state index contributed by atoms with van der Waals surface area (Å²) in [5.41, 5.74) is 4.08. The summed E-state index contributed by atoms with van der Waals surface area (Å²) in [6, 6.07) is 11.9. The fourth-order valence-corrected chi connectivity index (χ4v) is 4.13. The lowest BCUT2D eigenvalue weighted by atomic mass is 10.1. The average molecular weight is 492 g/mol. The number of aromatic nitrogens is 1. The van der Waals surface area contributed by atoms with E-state index >= 15 is 0 Å². The highest BCUT2D eigenvalue weighted by molar-refractivity contribution is 5.85. The van der Waals surface area contributed by atoms with Crippen molar-refractivity contribution in [1.82, 2.24) is 15.6 Å². The Bertz CT molecular complexity index is 1220. The third-order valence-electron chi connectivity index (χ3n) is 5.98. The van der Waals surface area contributed by atoms with Crippen LogP contribution in [0.4, 0.5) is 0 Å². The second kappa shape index (κ2) is 12.2. The number of carbonyl (C=O) groups excluding carboxylic acids is 2. The zero-order chi connectivity index (χ0) is 25.3. The second-order valence-corrected chi connectivity index (χ2v) is 8.81. The summed E-state index contributed by atoms with van der Waals surface area (Å²) < 4.78 is 17.5. The first-order valence-electron chi connectivity index (χ1n) is 12.3. The number of fused-ring (bicyclic) bond motifs is 2. The highest BCUT2D eigenvalue weighted by Gasteiger charge is 2.09. The van der Waals surface area contributed by atoms with Gasteiger partial charge in [-0.15, -0.1) is 0 Å². The van der Waals surface area contributed by atoms with Gasteiger partial charge in [-0.3, -0.25) is 9.59 Å². The van der Waals surface area contributed by atoms with E-state index in [-0.39, 0.29) is 11.8 Å². The Hall–Kier alpha value is -3.94. The first-order valence-corrected chi connectivity index (χ1v) is 12.3. The predicted octanol–water partition coefficient (Wildman–Crippen LogP) is 4.51. The van der Waals surface area contributed by atoms with Gasteiger partial charge in [-0.25, -0.2) is 0 Å².